The Morgan fingerprint density at radius 2 is 1.53 bits per heavy atom. The van der Waals surface area contributed by atoms with Gasteiger partial charge < -0.3 is 15.4 Å². The van der Waals surface area contributed by atoms with Gasteiger partial charge in [-0.25, -0.2) is 0 Å². The van der Waals surface area contributed by atoms with Gasteiger partial charge in [-0.1, -0.05) is 60.9 Å². The van der Waals surface area contributed by atoms with Crippen LogP contribution in [-0.2, 0) is 14.4 Å². The molecule has 0 spiro atoms. The normalized spacial score (nSPS) is 14.1. The molecule has 1 aliphatic rings. The van der Waals surface area contributed by atoms with Crippen molar-refractivity contribution < 1.29 is 19.1 Å². The number of nitrogens with zero attached hydrogens (tertiary/aromatic N) is 1. The third-order valence-electron chi connectivity index (χ3n) is 6.40. The van der Waals surface area contributed by atoms with Gasteiger partial charge in [-0.05, 0) is 61.7 Å². The first kappa shape index (κ1) is 25.0. The molecule has 3 aromatic rings. The van der Waals surface area contributed by atoms with Crippen LogP contribution >= 0.6 is 0 Å². The number of anilines is 2. The van der Waals surface area contributed by atoms with E-state index in [0.29, 0.717) is 22.7 Å². The summed E-state index contributed by atoms with van der Waals surface area (Å²) in [4.78, 5) is 41.9. The van der Waals surface area contributed by atoms with Gasteiger partial charge in [-0.15, -0.1) is 0 Å². The van der Waals surface area contributed by atoms with Crippen molar-refractivity contribution in [3.63, 3.8) is 0 Å². The maximum Gasteiger partial charge on any atom is 0.317 e. The van der Waals surface area contributed by atoms with E-state index in [1.165, 1.54) is 4.90 Å². The first-order valence-electron chi connectivity index (χ1n) is 12.2. The minimum absolute atomic E-state index is 0.0522. The van der Waals surface area contributed by atoms with Gasteiger partial charge in [0.25, 0.3) is 0 Å². The Kier molecular flexibility index (Phi) is 8.00. The minimum Gasteiger partial charge on any atom is -0.497 e. The lowest BCUT2D eigenvalue weighted by atomic mass is 10.0. The zero-order valence-electron chi connectivity index (χ0n) is 20.6. The molecule has 3 amide bonds. The van der Waals surface area contributed by atoms with Crippen LogP contribution in [0.25, 0.3) is 0 Å². The molecule has 0 radical (unpaired) electrons. The van der Waals surface area contributed by atoms with E-state index in [2.05, 4.69) is 10.6 Å². The molecular weight excluding hydrogens is 454 g/mol. The van der Waals surface area contributed by atoms with Gasteiger partial charge in [0, 0.05) is 17.4 Å². The highest BCUT2D eigenvalue weighted by atomic mass is 16.5. The van der Waals surface area contributed by atoms with Crippen LogP contribution in [0, 0.1) is 6.92 Å². The van der Waals surface area contributed by atoms with E-state index in [9.17, 15) is 14.4 Å². The average Bonchev–Trinajstić information content (AvgIpc) is 3.41. The third kappa shape index (κ3) is 5.92. The van der Waals surface area contributed by atoms with Crippen LogP contribution in [0.1, 0.15) is 42.9 Å². The van der Waals surface area contributed by atoms with Crippen molar-refractivity contribution in [3.05, 3.63) is 90.0 Å². The van der Waals surface area contributed by atoms with Gasteiger partial charge in [-0.2, -0.15) is 0 Å². The van der Waals surface area contributed by atoms with Gasteiger partial charge >= 0.3 is 11.8 Å². The number of hydrogen-bond acceptors (Lipinski definition) is 4. The Hall–Kier alpha value is -4.13. The molecule has 1 atom stereocenters. The maximum atomic E-state index is 13.7. The summed E-state index contributed by atoms with van der Waals surface area (Å²) < 4.78 is 5.27. The van der Waals surface area contributed by atoms with Crippen LogP contribution in [0.3, 0.4) is 0 Å². The highest BCUT2D eigenvalue weighted by Gasteiger charge is 2.37. The average molecular weight is 486 g/mol. The molecule has 7 nitrogen and oxygen atoms in total. The molecule has 1 fully saturated rings. The van der Waals surface area contributed by atoms with E-state index < -0.39 is 17.9 Å². The summed E-state index contributed by atoms with van der Waals surface area (Å²) in [6.07, 6.45) is 3.91. The van der Waals surface area contributed by atoms with Crippen LogP contribution in [-0.4, -0.2) is 30.9 Å². The number of rotatable bonds is 7. The second-order valence-corrected chi connectivity index (χ2v) is 9.00. The molecule has 0 aromatic heterocycles. The van der Waals surface area contributed by atoms with Crippen molar-refractivity contribution >= 4 is 29.1 Å². The fraction of sp³-hybridized carbons (Fsp3) is 0.276. The molecule has 0 aliphatic heterocycles. The number of methoxy groups -OCH3 is 1. The Bertz CT molecular complexity index is 1190. The lowest BCUT2D eigenvalue weighted by molar-refractivity contribution is -0.136. The number of aryl methyl sites for hydroxylation is 1. The topological polar surface area (TPSA) is 87.7 Å². The second kappa shape index (κ2) is 11.5. The molecule has 1 aliphatic carbocycles. The number of nitrogens with one attached hydrogen (secondary N) is 2. The molecule has 0 heterocycles. The Labute approximate surface area is 211 Å². The monoisotopic (exact) mass is 485 g/mol. The van der Waals surface area contributed by atoms with E-state index in [1.807, 2.05) is 37.3 Å². The van der Waals surface area contributed by atoms with Gasteiger partial charge in [0.05, 0.1) is 7.11 Å². The van der Waals surface area contributed by atoms with Crippen LogP contribution < -0.4 is 20.3 Å². The largest absolute Gasteiger partial charge is 0.497 e. The van der Waals surface area contributed by atoms with Gasteiger partial charge in [-0.3, -0.25) is 19.3 Å². The molecule has 0 saturated heterocycles. The summed E-state index contributed by atoms with van der Waals surface area (Å²) in [6.45, 7) is 1.96. The summed E-state index contributed by atoms with van der Waals surface area (Å²) in [6, 6.07) is 22.0. The second-order valence-electron chi connectivity index (χ2n) is 9.00. The standard InChI is InChI=1S/C29H31N3O4/c1-20-12-14-21(15-13-20)26(27(33)30-22-10-6-7-11-22)32(24-16-18-25(36-2)19-17-24)29(35)28(34)31-23-8-4-3-5-9-23/h3-5,8-9,12-19,22,26H,6-7,10-11H2,1-2H3,(H,30,33)(H,31,34)/t26-/m1/s1. The lowest BCUT2D eigenvalue weighted by Crippen LogP contribution is -2.49. The van der Waals surface area contributed by atoms with Crippen molar-refractivity contribution in [1.82, 2.24) is 5.32 Å². The Balaban J connectivity index is 1.75. The summed E-state index contributed by atoms with van der Waals surface area (Å²) in [5.74, 6) is -1.39. The highest BCUT2D eigenvalue weighted by molar-refractivity contribution is 6.45. The molecule has 0 bridgehead atoms. The van der Waals surface area contributed by atoms with Gasteiger partial charge in [0.2, 0.25) is 5.91 Å². The van der Waals surface area contributed by atoms with Crippen molar-refractivity contribution in [2.24, 2.45) is 0 Å². The van der Waals surface area contributed by atoms with Gasteiger partial charge in [0.15, 0.2) is 0 Å². The highest BCUT2D eigenvalue weighted by Crippen LogP contribution is 2.31. The lowest BCUT2D eigenvalue weighted by Gasteiger charge is -2.32. The number of benzene rings is 3. The fourth-order valence-corrected chi connectivity index (χ4v) is 4.46. The number of ether oxygens (including phenoxy) is 1. The summed E-state index contributed by atoms with van der Waals surface area (Å²) >= 11 is 0. The smallest absolute Gasteiger partial charge is 0.317 e. The van der Waals surface area contributed by atoms with Gasteiger partial charge in [0.1, 0.15) is 11.8 Å². The molecule has 2 N–H and O–H groups in total. The molecule has 1 saturated carbocycles. The summed E-state index contributed by atoms with van der Waals surface area (Å²) in [5, 5.41) is 5.77. The number of carbonyl (C=O) groups is 3. The van der Waals surface area contributed by atoms with E-state index in [4.69, 9.17) is 4.74 Å². The van der Waals surface area contributed by atoms with Crippen molar-refractivity contribution in [2.75, 3.05) is 17.3 Å². The van der Waals surface area contributed by atoms with Crippen LogP contribution in [0.5, 0.6) is 5.75 Å². The first-order chi connectivity index (χ1) is 17.5. The van der Waals surface area contributed by atoms with E-state index in [1.54, 1.807) is 55.6 Å². The van der Waals surface area contributed by atoms with Crippen molar-refractivity contribution in [3.8, 4) is 5.75 Å². The SMILES string of the molecule is COc1ccc(N(C(=O)C(=O)Nc2ccccc2)[C@@H](C(=O)NC2CCCC2)c2ccc(C)cc2)cc1. The first-order valence-corrected chi connectivity index (χ1v) is 12.2. The van der Waals surface area contributed by atoms with Crippen LogP contribution in [0.2, 0.25) is 0 Å². The summed E-state index contributed by atoms with van der Waals surface area (Å²) in [5.41, 5.74) is 2.55. The predicted octanol–water partition coefficient (Wildman–Crippen LogP) is 4.78. The Morgan fingerprint density at radius 3 is 2.14 bits per heavy atom. The van der Waals surface area contributed by atoms with Crippen molar-refractivity contribution in [2.45, 2.75) is 44.7 Å². The maximum absolute atomic E-state index is 13.7. The number of hydrogen-bond donors (Lipinski definition) is 2. The molecule has 3 aromatic carbocycles. The molecule has 7 heteroatoms. The number of amides is 3. The Morgan fingerprint density at radius 1 is 0.889 bits per heavy atom. The molecule has 4 rings (SSSR count). The minimum atomic E-state index is -1.03. The number of carbonyl (C=O) groups excluding carboxylic acids is 3. The predicted molar refractivity (Wildman–Crippen MR) is 140 cm³/mol. The number of para-hydroxylation sites is 1. The molecule has 0 unspecified atom stereocenters. The van der Waals surface area contributed by atoms with E-state index in [0.717, 1.165) is 31.2 Å². The zero-order chi connectivity index (χ0) is 25.5. The molecular formula is C29H31N3O4. The van der Waals surface area contributed by atoms with Crippen molar-refractivity contribution in [1.29, 1.82) is 0 Å². The van der Waals surface area contributed by atoms with E-state index >= 15 is 0 Å². The molecule has 36 heavy (non-hydrogen) atoms. The summed E-state index contributed by atoms with van der Waals surface area (Å²) in [7, 11) is 1.55. The van der Waals surface area contributed by atoms with Crippen LogP contribution in [0.15, 0.2) is 78.9 Å². The molecule has 186 valence electrons. The quantitative estimate of drug-likeness (QED) is 0.472. The zero-order valence-corrected chi connectivity index (χ0v) is 20.6. The fourth-order valence-electron chi connectivity index (χ4n) is 4.46. The third-order valence-corrected chi connectivity index (χ3v) is 6.40. The van der Waals surface area contributed by atoms with Crippen LogP contribution in [0.4, 0.5) is 11.4 Å². The van der Waals surface area contributed by atoms with E-state index in [-0.39, 0.29) is 11.9 Å².